The fraction of sp³-hybridized carbons (Fsp3) is 0.500. The monoisotopic (exact) mass is 311 g/mol. The minimum Gasteiger partial charge on any atom is -0.348 e. The number of alkyl halides is 2. The highest BCUT2D eigenvalue weighted by molar-refractivity contribution is 5.76. The number of rotatable bonds is 5. The van der Waals surface area contributed by atoms with Gasteiger partial charge in [-0.25, -0.2) is 8.78 Å². The van der Waals surface area contributed by atoms with Crippen LogP contribution in [0.4, 0.5) is 8.78 Å². The number of hydrogen-bond donors (Lipinski definition) is 1. The maximum absolute atomic E-state index is 12.6. The Labute approximate surface area is 127 Å². The molecule has 0 saturated heterocycles. The lowest BCUT2D eigenvalue weighted by atomic mass is 10.1. The predicted octanol–water partition coefficient (Wildman–Crippen LogP) is 2.05. The van der Waals surface area contributed by atoms with Gasteiger partial charge in [-0.1, -0.05) is 0 Å². The molecule has 0 saturated carbocycles. The summed E-state index contributed by atoms with van der Waals surface area (Å²) < 4.78 is 28.2. The molecular formula is C14H19F2N5O. The lowest BCUT2D eigenvalue weighted by Gasteiger charge is -2.14. The van der Waals surface area contributed by atoms with Gasteiger partial charge in [0.1, 0.15) is 12.2 Å². The van der Waals surface area contributed by atoms with Gasteiger partial charge in [-0.05, 0) is 26.8 Å². The predicted molar refractivity (Wildman–Crippen MR) is 76.4 cm³/mol. The van der Waals surface area contributed by atoms with E-state index in [9.17, 15) is 13.6 Å². The van der Waals surface area contributed by atoms with Crippen LogP contribution in [0.1, 0.15) is 42.0 Å². The number of carbonyl (C=O) groups excluding carboxylic acids is 1. The van der Waals surface area contributed by atoms with Gasteiger partial charge in [-0.3, -0.25) is 14.2 Å². The van der Waals surface area contributed by atoms with Crippen LogP contribution >= 0.6 is 0 Å². The Morgan fingerprint density at radius 3 is 2.59 bits per heavy atom. The molecule has 6 nitrogen and oxygen atoms in total. The van der Waals surface area contributed by atoms with E-state index >= 15 is 0 Å². The van der Waals surface area contributed by atoms with E-state index in [0.717, 1.165) is 11.3 Å². The van der Waals surface area contributed by atoms with Gasteiger partial charge in [0.05, 0.1) is 12.2 Å². The molecule has 0 aliphatic heterocycles. The van der Waals surface area contributed by atoms with E-state index in [4.69, 9.17) is 0 Å². The lowest BCUT2D eigenvalue weighted by Crippen LogP contribution is -2.31. The maximum Gasteiger partial charge on any atom is 0.282 e. The van der Waals surface area contributed by atoms with Crippen LogP contribution in [0, 0.1) is 13.8 Å². The van der Waals surface area contributed by atoms with Gasteiger partial charge < -0.3 is 5.32 Å². The summed E-state index contributed by atoms with van der Waals surface area (Å²) in [6, 6.07) is 1.07. The second kappa shape index (κ2) is 6.25. The highest BCUT2D eigenvalue weighted by atomic mass is 19.3. The molecule has 22 heavy (non-hydrogen) atoms. The van der Waals surface area contributed by atoms with Crippen LogP contribution in [0.2, 0.25) is 0 Å². The third-order valence-electron chi connectivity index (χ3n) is 3.63. The SMILES string of the molecule is Cc1c(C(C)NC(=O)Cn2nc(C(F)F)cc2C)cnn1C. The molecule has 0 aliphatic carbocycles. The topological polar surface area (TPSA) is 64.7 Å². The third-order valence-corrected chi connectivity index (χ3v) is 3.63. The van der Waals surface area contributed by atoms with E-state index in [1.165, 1.54) is 10.7 Å². The van der Waals surface area contributed by atoms with Crippen molar-refractivity contribution in [3.8, 4) is 0 Å². The highest BCUT2D eigenvalue weighted by Gasteiger charge is 2.17. The summed E-state index contributed by atoms with van der Waals surface area (Å²) in [5.74, 6) is -0.289. The second-order valence-corrected chi connectivity index (χ2v) is 5.27. The Morgan fingerprint density at radius 1 is 1.41 bits per heavy atom. The van der Waals surface area contributed by atoms with Crippen LogP contribution in [0.3, 0.4) is 0 Å². The summed E-state index contributed by atoms with van der Waals surface area (Å²) in [5.41, 5.74) is 2.08. The Balaban J connectivity index is 2.02. The smallest absolute Gasteiger partial charge is 0.282 e. The number of aromatic nitrogens is 4. The molecular weight excluding hydrogens is 292 g/mol. The van der Waals surface area contributed by atoms with Crippen LogP contribution < -0.4 is 5.32 Å². The van der Waals surface area contributed by atoms with Crippen LogP contribution in [0.15, 0.2) is 12.3 Å². The van der Waals surface area contributed by atoms with Crippen LogP contribution in [0.25, 0.3) is 0 Å². The molecule has 0 aliphatic rings. The highest BCUT2D eigenvalue weighted by Crippen LogP contribution is 2.18. The molecule has 0 spiro atoms. The molecule has 0 bridgehead atoms. The van der Waals surface area contributed by atoms with Crippen molar-refractivity contribution in [1.82, 2.24) is 24.9 Å². The van der Waals surface area contributed by atoms with Crippen molar-refractivity contribution in [2.75, 3.05) is 0 Å². The first kappa shape index (κ1) is 16.1. The first-order valence-corrected chi connectivity index (χ1v) is 6.90. The van der Waals surface area contributed by atoms with Crippen LogP contribution in [-0.2, 0) is 18.4 Å². The van der Waals surface area contributed by atoms with Crippen molar-refractivity contribution in [3.63, 3.8) is 0 Å². The normalized spacial score (nSPS) is 12.7. The molecule has 2 aromatic heterocycles. The molecule has 1 atom stereocenters. The molecule has 1 unspecified atom stereocenters. The van der Waals surface area contributed by atoms with E-state index in [-0.39, 0.29) is 24.2 Å². The molecule has 1 amide bonds. The minimum atomic E-state index is -2.64. The average Bonchev–Trinajstić information content (AvgIpc) is 2.95. The quantitative estimate of drug-likeness (QED) is 0.919. The summed E-state index contributed by atoms with van der Waals surface area (Å²) in [6.07, 6.45) is -0.936. The van der Waals surface area contributed by atoms with Gasteiger partial charge in [0.15, 0.2) is 0 Å². The van der Waals surface area contributed by atoms with E-state index in [2.05, 4.69) is 15.5 Å². The zero-order chi connectivity index (χ0) is 16.4. The van der Waals surface area contributed by atoms with Crippen LogP contribution in [0.5, 0.6) is 0 Å². The Bertz CT molecular complexity index is 677. The largest absolute Gasteiger partial charge is 0.348 e. The van der Waals surface area contributed by atoms with Gasteiger partial charge in [-0.2, -0.15) is 10.2 Å². The second-order valence-electron chi connectivity index (χ2n) is 5.27. The Hall–Kier alpha value is -2.25. The molecule has 120 valence electrons. The Kier molecular flexibility index (Phi) is 4.58. The van der Waals surface area contributed by atoms with Crippen molar-refractivity contribution in [2.45, 2.75) is 39.8 Å². The molecule has 2 heterocycles. The lowest BCUT2D eigenvalue weighted by molar-refractivity contribution is -0.122. The third kappa shape index (κ3) is 3.32. The van der Waals surface area contributed by atoms with Gasteiger partial charge in [-0.15, -0.1) is 0 Å². The molecule has 0 radical (unpaired) electrons. The number of hydrogen-bond acceptors (Lipinski definition) is 3. The standard InChI is InChI=1S/C14H19F2N5O/c1-8-5-12(14(15)16)19-21(8)7-13(22)18-9(2)11-6-17-20(4)10(11)3/h5-6,9,14H,7H2,1-4H3,(H,18,22). The molecule has 2 aromatic rings. The number of carbonyl (C=O) groups is 1. The number of halogens is 2. The number of nitrogens with zero attached hydrogens (tertiary/aromatic N) is 4. The molecule has 2 rings (SSSR count). The number of amides is 1. The number of nitrogens with one attached hydrogen (secondary N) is 1. The average molecular weight is 311 g/mol. The molecule has 0 fully saturated rings. The van der Waals surface area contributed by atoms with Crippen molar-refractivity contribution in [3.05, 3.63) is 34.9 Å². The Morgan fingerprint density at radius 2 is 2.09 bits per heavy atom. The van der Waals surface area contributed by atoms with E-state index in [1.54, 1.807) is 17.8 Å². The molecule has 0 aromatic carbocycles. The van der Waals surface area contributed by atoms with Crippen molar-refractivity contribution in [1.29, 1.82) is 0 Å². The fourth-order valence-electron chi connectivity index (χ4n) is 2.24. The fourth-order valence-corrected chi connectivity index (χ4v) is 2.24. The summed E-state index contributed by atoms with van der Waals surface area (Å²) >= 11 is 0. The molecule has 1 N–H and O–H groups in total. The summed E-state index contributed by atoms with van der Waals surface area (Å²) in [6.45, 7) is 5.31. The summed E-state index contributed by atoms with van der Waals surface area (Å²) in [5, 5.41) is 10.7. The zero-order valence-electron chi connectivity index (χ0n) is 13.0. The van der Waals surface area contributed by atoms with Gasteiger partial charge >= 0.3 is 0 Å². The summed E-state index contributed by atoms with van der Waals surface area (Å²) in [4.78, 5) is 12.1. The van der Waals surface area contributed by atoms with E-state index in [0.29, 0.717) is 5.69 Å². The maximum atomic E-state index is 12.6. The van der Waals surface area contributed by atoms with Gasteiger partial charge in [0.2, 0.25) is 5.91 Å². The van der Waals surface area contributed by atoms with Gasteiger partial charge in [0, 0.05) is 24.0 Å². The van der Waals surface area contributed by atoms with E-state index in [1.807, 2.05) is 20.9 Å². The van der Waals surface area contributed by atoms with E-state index < -0.39 is 6.43 Å². The minimum absolute atomic E-state index is 0.0950. The van der Waals surface area contributed by atoms with Crippen molar-refractivity contribution in [2.24, 2.45) is 7.05 Å². The zero-order valence-corrected chi connectivity index (χ0v) is 13.0. The number of aryl methyl sites for hydroxylation is 2. The first-order valence-electron chi connectivity index (χ1n) is 6.90. The molecule has 8 heteroatoms. The van der Waals surface area contributed by atoms with Crippen LogP contribution in [-0.4, -0.2) is 25.5 Å². The van der Waals surface area contributed by atoms with Crippen molar-refractivity contribution < 1.29 is 13.6 Å². The van der Waals surface area contributed by atoms with Gasteiger partial charge in [0.25, 0.3) is 6.43 Å². The summed E-state index contributed by atoms with van der Waals surface area (Å²) in [7, 11) is 1.83. The van der Waals surface area contributed by atoms with Crippen molar-refractivity contribution >= 4 is 5.91 Å². The first-order chi connectivity index (χ1) is 10.3.